The second kappa shape index (κ2) is 7.65. The Morgan fingerprint density at radius 3 is 2.66 bits per heavy atom. The van der Waals surface area contributed by atoms with Crippen LogP contribution in [-0.2, 0) is 11.2 Å². The van der Waals surface area contributed by atoms with Crippen LogP contribution in [0.4, 0.5) is 0 Å². The first-order valence-electron chi connectivity index (χ1n) is 9.98. The number of hydrogen-bond donors (Lipinski definition) is 3. The van der Waals surface area contributed by atoms with Crippen molar-refractivity contribution in [3.8, 4) is 22.6 Å². The zero-order chi connectivity index (χ0) is 22.2. The highest BCUT2D eigenvalue weighted by atomic mass is 16.1. The minimum absolute atomic E-state index is 0.150. The summed E-state index contributed by atoms with van der Waals surface area (Å²) in [6.07, 6.45) is 7.24. The number of carbonyl (C=O) groups excluding carboxylic acids is 2. The third kappa shape index (κ3) is 3.37. The van der Waals surface area contributed by atoms with E-state index in [1.807, 2.05) is 25.1 Å². The molecule has 0 spiro atoms. The van der Waals surface area contributed by atoms with E-state index in [4.69, 9.17) is 5.73 Å². The number of H-pyrrole nitrogens is 2. The fraction of sp³-hybridized carbons (Fsp3) is 0.136. The molecule has 0 saturated heterocycles. The van der Waals surface area contributed by atoms with Crippen LogP contribution in [0, 0.1) is 0 Å². The van der Waals surface area contributed by atoms with Crippen molar-refractivity contribution in [2.24, 2.45) is 5.73 Å². The molecule has 5 aromatic rings. The largest absolute Gasteiger partial charge is 0.365 e. The molecule has 1 amide bonds. The Morgan fingerprint density at radius 1 is 1.06 bits per heavy atom. The molecule has 5 aromatic heterocycles. The highest BCUT2D eigenvalue weighted by Crippen LogP contribution is 2.29. The van der Waals surface area contributed by atoms with Crippen molar-refractivity contribution in [2.75, 3.05) is 0 Å². The molecule has 0 atom stereocenters. The zero-order valence-corrected chi connectivity index (χ0v) is 17.1. The lowest BCUT2D eigenvalue weighted by Crippen LogP contribution is -2.11. The van der Waals surface area contributed by atoms with Crippen molar-refractivity contribution in [1.82, 2.24) is 35.1 Å². The van der Waals surface area contributed by atoms with E-state index in [0.717, 1.165) is 22.2 Å². The number of Topliss-reactive ketones (excluding diaryl/α,β-unsaturated/α-hetero) is 1. The lowest BCUT2D eigenvalue weighted by atomic mass is 10.1. The van der Waals surface area contributed by atoms with E-state index in [1.54, 1.807) is 18.6 Å². The molecule has 0 radical (unpaired) electrons. The van der Waals surface area contributed by atoms with Crippen molar-refractivity contribution in [2.45, 2.75) is 19.8 Å². The SMILES string of the molecule is CCC(=O)Cc1ccc(-c2cnc3n[nH]c(-c4nc5c(C(N)=O)cncc5[nH]4)c3c2)cn1. The summed E-state index contributed by atoms with van der Waals surface area (Å²) in [5.74, 6) is 0.0385. The first-order chi connectivity index (χ1) is 15.5. The van der Waals surface area contributed by atoms with E-state index in [2.05, 4.69) is 35.1 Å². The number of nitrogens with two attached hydrogens (primary N) is 1. The summed E-state index contributed by atoms with van der Waals surface area (Å²) in [5.41, 5.74) is 10.3. The summed E-state index contributed by atoms with van der Waals surface area (Å²) in [6.45, 7) is 1.84. The molecule has 0 bridgehead atoms. The van der Waals surface area contributed by atoms with Crippen LogP contribution < -0.4 is 5.73 Å². The number of carbonyl (C=O) groups is 2. The molecule has 5 heterocycles. The fourth-order valence-corrected chi connectivity index (χ4v) is 3.50. The van der Waals surface area contributed by atoms with Gasteiger partial charge in [0.1, 0.15) is 17.0 Å². The summed E-state index contributed by atoms with van der Waals surface area (Å²) in [6, 6.07) is 5.70. The Bertz CT molecular complexity index is 1480. The van der Waals surface area contributed by atoms with Gasteiger partial charge in [0.25, 0.3) is 5.91 Å². The lowest BCUT2D eigenvalue weighted by molar-refractivity contribution is -0.118. The smallest absolute Gasteiger partial charge is 0.252 e. The van der Waals surface area contributed by atoms with Gasteiger partial charge in [-0.15, -0.1) is 0 Å². The number of amides is 1. The minimum atomic E-state index is -0.601. The molecular weight excluding hydrogens is 408 g/mol. The summed E-state index contributed by atoms with van der Waals surface area (Å²) in [5, 5.41) is 7.97. The topological polar surface area (TPSA) is 156 Å². The average molecular weight is 426 g/mol. The predicted octanol–water partition coefficient (Wildman–Crippen LogP) is 2.58. The molecule has 0 saturated carbocycles. The van der Waals surface area contributed by atoms with E-state index in [0.29, 0.717) is 41.0 Å². The van der Waals surface area contributed by atoms with Gasteiger partial charge in [-0.25, -0.2) is 9.97 Å². The zero-order valence-electron chi connectivity index (χ0n) is 17.1. The number of aromatic nitrogens is 7. The van der Waals surface area contributed by atoms with E-state index >= 15 is 0 Å². The van der Waals surface area contributed by atoms with E-state index in [1.165, 1.54) is 6.20 Å². The molecule has 0 aliphatic rings. The Morgan fingerprint density at radius 2 is 1.91 bits per heavy atom. The summed E-state index contributed by atoms with van der Waals surface area (Å²) in [7, 11) is 0. The first kappa shape index (κ1) is 19.5. The van der Waals surface area contributed by atoms with E-state index in [-0.39, 0.29) is 11.3 Å². The van der Waals surface area contributed by atoms with Gasteiger partial charge in [-0.2, -0.15) is 5.10 Å². The predicted molar refractivity (Wildman–Crippen MR) is 118 cm³/mol. The molecule has 10 heteroatoms. The van der Waals surface area contributed by atoms with Gasteiger partial charge < -0.3 is 10.7 Å². The van der Waals surface area contributed by atoms with E-state index < -0.39 is 5.91 Å². The molecule has 158 valence electrons. The summed E-state index contributed by atoms with van der Waals surface area (Å²) >= 11 is 0. The first-order valence-corrected chi connectivity index (χ1v) is 9.98. The number of hydrogen-bond acceptors (Lipinski definition) is 7. The molecule has 32 heavy (non-hydrogen) atoms. The highest BCUT2D eigenvalue weighted by molar-refractivity contribution is 6.04. The van der Waals surface area contributed by atoms with Crippen molar-refractivity contribution in [3.05, 3.63) is 54.2 Å². The Labute approximate surface area is 181 Å². The van der Waals surface area contributed by atoms with Gasteiger partial charge in [0.05, 0.1) is 22.7 Å². The van der Waals surface area contributed by atoms with Crippen LogP contribution in [0.3, 0.4) is 0 Å². The number of nitrogens with zero attached hydrogens (tertiary/aromatic N) is 5. The Balaban J connectivity index is 1.55. The molecule has 0 unspecified atom stereocenters. The number of imidazole rings is 1. The standard InChI is InChI=1S/C22H18N8O2/c1-2-14(31)6-13-4-3-11(7-25-13)12-5-15-19(29-30-21(15)26-8-12)22-27-17-10-24-9-16(20(23)32)18(17)28-22/h3-5,7-10H,2,6H2,1H3,(H2,23,32)(H,27,28)(H,26,29,30). The number of nitrogens with one attached hydrogen (secondary N) is 2. The van der Waals surface area contributed by atoms with Crippen LogP contribution in [0.15, 0.2) is 43.0 Å². The van der Waals surface area contributed by atoms with Crippen LogP contribution in [0.25, 0.3) is 44.7 Å². The molecule has 4 N–H and O–H groups in total. The second-order valence-corrected chi connectivity index (χ2v) is 7.33. The van der Waals surface area contributed by atoms with Crippen LogP contribution in [0.5, 0.6) is 0 Å². The molecular formula is C22H18N8O2. The van der Waals surface area contributed by atoms with Crippen molar-refractivity contribution in [3.63, 3.8) is 0 Å². The van der Waals surface area contributed by atoms with Crippen LogP contribution >= 0.6 is 0 Å². The van der Waals surface area contributed by atoms with Gasteiger partial charge >= 0.3 is 0 Å². The average Bonchev–Trinajstić information content (AvgIpc) is 3.42. The fourth-order valence-electron chi connectivity index (χ4n) is 3.50. The maximum Gasteiger partial charge on any atom is 0.252 e. The van der Waals surface area contributed by atoms with Crippen LogP contribution in [0.2, 0.25) is 0 Å². The Hall–Kier alpha value is -4.47. The monoisotopic (exact) mass is 426 g/mol. The normalized spacial score (nSPS) is 11.3. The minimum Gasteiger partial charge on any atom is -0.365 e. The van der Waals surface area contributed by atoms with Gasteiger partial charge in [-0.1, -0.05) is 13.0 Å². The third-order valence-corrected chi connectivity index (χ3v) is 5.24. The van der Waals surface area contributed by atoms with E-state index in [9.17, 15) is 9.59 Å². The van der Waals surface area contributed by atoms with Gasteiger partial charge in [0.2, 0.25) is 0 Å². The number of aromatic amines is 2. The number of ketones is 1. The van der Waals surface area contributed by atoms with Crippen LogP contribution in [0.1, 0.15) is 29.4 Å². The van der Waals surface area contributed by atoms with Gasteiger partial charge in [0, 0.05) is 48.3 Å². The number of fused-ring (bicyclic) bond motifs is 2. The number of rotatable bonds is 6. The number of primary amides is 1. The number of pyridine rings is 3. The molecule has 0 aromatic carbocycles. The van der Waals surface area contributed by atoms with Gasteiger partial charge in [-0.3, -0.25) is 24.7 Å². The lowest BCUT2D eigenvalue weighted by Gasteiger charge is -2.03. The molecule has 0 aliphatic heterocycles. The maximum atomic E-state index is 11.7. The van der Waals surface area contributed by atoms with Crippen molar-refractivity contribution < 1.29 is 9.59 Å². The highest BCUT2D eigenvalue weighted by Gasteiger charge is 2.17. The third-order valence-electron chi connectivity index (χ3n) is 5.24. The van der Waals surface area contributed by atoms with Crippen molar-refractivity contribution >= 4 is 33.8 Å². The molecule has 5 rings (SSSR count). The molecule has 10 nitrogen and oxygen atoms in total. The summed E-state index contributed by atoms with van der Waals surface area (Å²) < 4.78 is 0. The van der Waals surface area contributed by atoms with Crippen molar-refractivity contribution in [1.29, 1.82) is 0 Å². The molecule has 0 fully saturated rings. The second-order valence-electron chi connectivity index (χ2n) is 7.33. The maximum absolute atomic E-state index is 11.7. The summed E-state index contributed by atoms with van der Waals surface area (Å²) in [4.78, 5) is 43.9. The molecule has 0 aliphatic carbocycles. The quantitative estimate of drug-likeness (QED) is 0.377. The van der Waals surface area contributed by atoms with Gasteiger partial charge in [-0.05, 0) is 12.1 Å². The van der Waals surface area contributed by atoms with Crippen LogP contribution in [-0.4, -0.2) is 46.8 Å². The van der Waals surface area contributed by atoms with Gasteiger partial charge in [0.15, 0.2) is 11.5 Å². The Kier molecular flexibility index (Phi) is 4.66.